The smallest absolute Gasteiger partial charge is 0.222 e. The molecule has 21 heavy (non-hydrogen) atoms. The summed E-state index contributed by atoms with van der Waals surface area (Å²) in [6.07, 6.45) is 5.30. The Labute approximate surface area is 127 Å². The van der Waals surface area contributed by atoms with Gasteiger partial charge >= 0.3 is 0 Å². The van der Waals surface area contributed by atoms with Crippen molar-refractivity contribution in [2.24, 2.45) is 5.92 Å². The average Bonchev–Trinajstić information content (AvgIpc) is 2.65. The summed E-state index contributed by atoms with van der Waals surface area (Å²) in [5.41, 5.74) is 6.37. The summed E-state index contributed by atoms with van der Waals surface area (Å²) in [4.78, 5) is 14.1. The number of hydrogen-bond donors (Lipinski definition) is 1. The number of nitrogen functional groups attached to an aromatic ring is 1. The van der Waals surface area contributed by atoms with Gasteiger partial charge in [-0.15, -0.1) is 0 Å². The molecular weight excluding hydrogens is 264 g/mol. The summed E-state index contributed by atoms with van der Waals surface area (Å²) < 4.78 is 5.68. The summed E-state index contributed by atoms with van der Waals surface area (Å²) in [5, 5.41) is 0. The third-order valence-corrected chi connectivity index (χ3v) is 4.13. The Bertz CT molecular complexity index is 445. The average molecular weight is 290 g/mol. The van der Waals surface area contributed by atoms with Gasteiger partial charge < -0.3 is 15.4 Å². The Morgan fingerprint density at radius 2 is 2.05 bits per heavy atom. The Morgan fingerprint density at radius 3 is 2.76 bits per heavy atom. The number of benzene rings is 1. The Morgan fingerprint density at radius 1 is 1.29 bits per heavy atom. The van der Waals surface area contributed by atoms with Gasteiger partial charge in [-0.05, 0) is 43.0 Å². The molecular formula is C17H26N2O2. The van der Waals surface area contributed by atoms with E-state index in [1.54, 1.807) is 0 Å². The highest BCUT2D eigenvalue weighted by Gasteiger charge is 2.21. The molecule has 1 unspecified atom stereocenters. The van der Waals surface area contributed by atoms with E-state index >= 15 is 0 Å². The molecule has 2 N–H and O–H groups in total. The second kappa shape index (κ2) is 7.91. The van der Waals surface area contributed by atoms with E-state index in [0.29, 0.717) is 25.5 Å². The monoisotopic (exact) mass is 290 g/mol. The van der Waals surface area contributed by atoms with Crippen LogP contribution in [0.4, 0.5) is 5.69 Å². The Kier molecular flexibility index (Phi) is 5.90. The maximum atomic E-state index is 12.1. The third-order valence-electron chi connectivity index (χ3n) is 4.13. The van der Waals surface area contributed by atoms with Crippen LogP contribution in [0, 0.1) is 5.92 Å². The molecule has 0 saturated carbocycles. The lowest BCUT2D eigenvalue weighted by molar-refractivity contribution is -0.131. The Hall–Kier alpha value is -1.71. The molecule has 1 heterocycles. The van der Waals surface area contributed by atoms with Crippen LogP contribution in [0.25, 0.3) is 0 Å². The second-order valence-electron chi connectivity index (χ2n) is 5.78. The van der Waals surface area contributed by atoms with Gasteiger partial charge in [0, 0.05) is 18.7 Å². The molecule has 0 bridgehead atoms. The predicted molar refractivity (Wildman–Crippen MR) is 85.2 cm³/mol. The molecule has 1 fully saturated rings. The van der Waals surface area contributed by atoms with Crippen LogP contribution >= 0.6 is 0 Å². The molecule has 2 rings (SSSR count). The van der Waals surface area contributed by atoms with E-state index in [1.165, 1.54) is 12.8 Å². The molecule has 0 spiro atoms. The van der Waals surface area contributed by atoms with Crippen LogP contribution in [0.2, 0.25) is 0 Å². The largest absolute Gasteiger partial charge is 0.492 e. The first-order valence-electron chi connectivity index (χ1n) is 7.95. The topological polar surface area (TPSA) is 55.6 Å². The fourth-order valence-electron chi connectivity index (χ4n) is 2.86. The molecule has 4 nitrogen and oxygen atoms in total. The SMILES string of the molecule is CCCC1CCC(=O)N(CCOc2ccc(N)cc2)CC1. The quantitative estimate of drug-likeness (QED) is 0.819. The van der Waals surface area contributed by atoms with Gasteiger partial charge in [0.05, 0.1) is 6.54 Å². The van der Waals surface area contributed by atoms with Crippen LogP contribution in [0.15, 0.2) is 24.3 Å². The lowest BCUT2D eigenvalue weighted by atomic mass is 9.96. The molecule has 1 amide bonds. The summed E-state index contributed by atoms with van der Waals surface area (Å²) in [6, 6.07) is 7.36. The normalized spacial score (nSPS) is 19.4. The predicted octanol–water partition coefficient (Wildman–Crippen LogP) is 3.08. The van der Waals surface area contributed by atoms with Crippen molar-refractivity contribution in [2.45, 2.75) is 39.0 Å². The highest BCUT2D eigenvalue weighted by molar-refractivity contribution is 5.76. The fourth-order valence-corrected chi connectivity index (χ4v) is 2.86. The molecule has 0 aliphatic carbocycles. The number of carbonyl (C=O) groups excluding carboxylic acids is 1. The van der Waals surface area contributed by atoms with E-state index in [4.69, 9.17) is 10.5 Å². The minimum atomic E-state index is 0.273. The van der Waals surface area contributed by atoms with Gasteiger partial charge in [-0.1, -0.05) is 19.8 Å². The number of nitrogens with zero attached hydrogens (tertiary/aromatic N) is 1. The van der Waals surface area contributed by atoms with E-state index in [-0.39, 0.29) is 5.91 Å². The standard InChI is InChI=1S/C17H26N2O2/c1-2-3-14-4-9-17(20)19(11-10-14)12-13-21-16-7-5-15(18)6-8-16/h5-8,14H,2-4,9-13,18H2,1H3. The number of likely N-dealkylation sites (tertiary alicyclic amines) is 1. The zero-order chi connectivity index (χ0) is 15.1. The first-order valence-corrected chi connectivity index (χ1v) is 7.95. The van der Waals surface area contributed by atoms with E-state index in [0.717, 1.165) is 30.8 Å². The van der Waals surface area contributed by atoms with Crippen LogP contribution < -0.4 is 10.5 Å². The van der Waals surface area contributed by atoms with Crippen molar-refractivity contribution < 1.29 is 9.53 Å². The van der Waals surface area contributed by atoms with E-state index in [9.17, 15) is 4.79 Å². The van der Waals surface area contributed by atoms with Gasteiger partial charge in [-0.25, -0.2) is 0 Å². The van der Waals surface area contributed by atoms with Gasteiger partial charge in [0.1, 0.15) is 12.4 Å². The van der Waals surface area contributed by atoms with Crippen molar-refractivity contribution in [1.82, 2.24) is 4.90 Å². The number of amides is 1. The maximum Gasteiger partial charge on any atom is 0.222 e. The van der Waals surface area contributed by atoms with Crippen LogP contribution in [0.5, 0.6) is 5.75 Å². The van der Waals surface area contributed by atoms with Crippen molar-refractivity contribution >= 4 is 11.6 Å². The van der Waals surface area contributed by atoms with Gasteiger partial charge in [0.25, 0.3) is 0 Å². The van der Waals surface area contributed by atoms with Gasteiger partial charge in [0.2, 0.25) is 5.91 Å². The first-order chi connectivity index (χ1) is 10.2. The molecule has 1 saturated heterocycles. The zero-order valence-corrected chi connectivity index (χ0v) is 12.9. The minimum absolute atomic E-state index is 0.273. The number of nitrogens with two attached hydrogens (primary N) is 1. The van der Waals surface area contributed by atoms with Crippen LogP contribution in [0.1, 0.15) is 39.0 Å². The van der Waals surface area contributed by atoms with Crippen molar-refractivity contribution in [3.63, 3.8) is 0 Å². The van der Waals surface area contributed by atoms with Crippen molar-refractivity contribution in [3.8, 4) is 5.75 Å². The lowest BCUT2D eigenvalue weighted by Crippen LogP contribution is -2.34. The molecule has 1 aliphatic heterocycles. The number of ether oxygens (including phenoxy) is 1. The molecule has 0 aromatic heterocycles. The highest BCUT2D eigenvalue weighted by atomic mass is 16.5. The number of rotatable bonds is 6. The number of carbonyl (C=O) groups is 1. The summed E-state index contributed by atoms with van der Waals surface area (Å²) in [7, 11) is 0. The second-order valence-corrected chi connectivity index (χ2v) is 5.78. The zero-order valence-electron chi connectivity index (χ0n) is 12.9. The molecule has 116 valence electrons. The number of anilines is 1. The van der Waals surface area contributed by atoms with Gasteiger partial charge in [-0.2, -0.15) is 0 Å². The summed E-state index contributed by atoms with van der Waals surface area (Å²) in [6.45, 7) is 4.29. The van der Waals surface area contributed by atoms with E-state index in [1.807, 2.05) is 29.2 Å². The van der Waals surface area contributed by atoms with E-state index < -0.39 is 0 Å². The molecule has 4 heteroatoms. The molecule has 1 aliphatic rings. The van der Waals surface area contributed by atoms with Gasteiger partial charge in [0.15, 0.2) is 0 Å². The third kappa shape index (κ3) is 4.96. The molecule has 1 aromatic rings. The molecule has 1 atom stereocenters. The van der Waals surface area contributed by atoms with Crippen LogP contribution in [-0.4, -0.2) is 30.5 Å². The van der Waals surface area contributed by atoms with Gasteiger partial charge in [-0.3, -0.25) is 4.79 Å². The number of hydrogen-bond acceptors (Lipinski definition) is 3. The van der Waals surface area contributed by atoms with Crippen molar-refractivity contribution in [2.75, 3.05) is 25.4 Å². The summed E-state index contributed by atoms with van der Waals surface area (Å²) >= 11 is 0. The summed E-state index contributed by atoms with van der Waals surface area (Å²) in [5.74, 6) is 1.78. The fraction of sp³-hybridized carbons (Fsp3) is 0.588. The van der Waals surface area contributed by atoms with Crippen LogP contribution in [-0.2, 0) is 4.79 Å². The van der Waals surface area contributed by atoms with Crippen molar-refractivity contribution in [3.05, 3.63) is 24.3 Å². The molecule has 0 radical (unpaired) electrons. The van der Waals surface area contributed by atoms with Crippen molar-refractivity contribution in [1.29, 1.82) is 0 Å². The first kappa shape index (κ1) is 15.7. The molecule has 1 aromatic carbocycles. The maximum absolute atomic E-state index is 12.1. The van der Waals surface area contributed by atoms with E-state index in [2.05, 4.69) is 6.92 Å². The minimum Gasteiger partial charge on any atom is -0.492 e. The highest BCUT2D eigenvalue weighted by Crippen LogP contribution is 2.22. The van der Waals surface area contributed by atoms with Crippen LogP contribution in [0.3, 0.4) is 0 Å². The Balaban J connectivity index is 1.76. The lowest BCUT2D eigenvalue weighted by Gasteiger charge is -2.21.